The third kappa shape index (κ3) is 55.0. The van der Waals surface area contributed by atoms with E-state index < -0.39 is 124 Å². The molecule has 17 unspecified atom stereocenters. The number of carbonyl (C=O) groups excluding carboxylic acids is 1. The van der Waals surface area contributed by atoms with Gasteiger partial charge in [-0.2, -0.15) is 0 Å². The Morgan fingerprint density at radius 2 is 0.547 bits per heavy atom. The van der Waals surface area contributed by atoms with Gasteiger partial charge in [0.25, 0.3) is 0 Å². The van der Waals surface area contributed by atoms with Gasteiger partial charge < -0.3 is 89.9 Å². The molecule has 0 saturated carbocycles. The minimum absolute atomic E-state index is 0.236. The molecule has 0 aromatic heterocycles. The summed E-state index contributed by atoms with van der Waals surface area (Å²) in [5, 5.41) is 121. The first-order valence-electron chi connectivity index (χ1n) is 49.4. The van der Waals surface area contributed by atoms with Crippen LogP contribution in [0.2, 0.25) is 0 Å². The summed E-state index contributed by atoms with van der Waals surface area (Å²) in [5.74, 6) is -0.281. The van der Waals surface area contributed by atoms with Crippen LogP contribution in [-0.2, 0) is 33.2 Å². The zero-order chi connectivity index (χ0) is 84.5. The number of hydrogen-bond acceptors (Lipinski definition) is 18. The normalized spacial score (nSPS) is 24.5. The first-order chi connectivity index (χ1) is 57.3. The minimum Gasteiger partial charge on any atom is -0.394 e. The molecule has 688 valence electrons. The number of unbranched alkanes of at least 4 members (excludes halogenated alkanes) is 60. The molecule has 3 rings (SSSR count). The van der Waals surface area contributed by atoms with Gasteiger partial charge in [-0.25, -0.2) is 0 Å². The van der Waals surface area contributed by atoms with Crippen molar-refractivity contribution in [1.29, 1.82) is 0 Å². The van der Waals surface area contributed by atoms with Crippen LogP contribution in [0.5, 0.6) is 0 Å². The van der Waals surface area contributed by atoms with E-state index in [0.717, 1.165) is 44.9 Å². The van der Waals surface area contributed by atoms with Gasteiger partial charge in [-0.3, -0.25) is 4.79 Å². The Hall–Kier alpha value is -2.25. The summed E-state index contributed by atoms with van der Waals surface area (Å²) in [5.41, 5.74) is 0. The molecule has 3 aliphatic heterocycles. The Morgan fingerprint density at radius 1 is 0.299 bits per heavy atom. The van der Waals surface area contributed by atoms with Crippen molar-refractivity contribution in [3.05, 3.63) is 48.6 Å². The number of amides is 1. The van der Waals surface area contributed by atoms with E-state index in [9.17, 15) is 61.0 Å². The van der Waals surface area contributed by atoms with Gasteiger partial charge in [0.2, 0.25) is 5.91 Å². The molecule has 0 spiro atoms. The van der Waals surface area contributed by atoms with E-state index in [4.69, 9.17) is 28.4 Å². The van der Waals surface area contributed by atoms with Crippen LogP contribution >= 0.6 is 0 Å². The second-order valence-corrected chi connectivity index (χ2v) is 35.2. The summed E-state index contributed by atoms with van der Waals surface area (Å²) in [4.78, 5) is 13.5. The molecule has 3 fully saturated rings. The van der Waals surface area contributed by atoms with Crippen LogP contribution in [0.25, 0.3) is 0 Å². The molecule has 3 heterocycles. The first-order valence-corrected chi connectivity index (χ1v) is 49.4. The van der Waals surface area contributed by atoms with Gasteiger partial charge in [0.05, 0.1) is 38.6 Å². The number of carbonyl (C=O) groups is 1. The Labute approximate surface area is 713 Å². The van der Waals surface area contributed by atoms with Crippen LogP contribution in [0.3, 0.4) is 0 Å². The van der Waals surface area contributed by atoms with Gasteiger partial charge in [0, 0.05) is 6.42 Å². The lowest BCUT2D eigenvalue weighted by atomic mass is 9.96. The van der Waals surface area contributed by atoms with Crippen molar-refractivity contribution >= 4 is 5.91 Å². The second-order valence-electron chi connectivity index (χ2n) is 35.2. The molecule has 19 heteroatoms. The maximum atomic E-state index is 13.5. The van der Waals surface area contributed by atoms with Crippen molar-refractivity contribution in [1.82, 2.24) is 5.32 Å². The molecule has 117 heavy (non-hydrogen) atoms. The summed E-state index contributed by atoms with van der Waals surface area (Å²) >= 11 is 0. The largest absolute Gasteiger partial charge is 0.394 e. The van der Waals surface area contributed by atoms with Crippen LogP contribution in [0.15, 0.2) is 48.6 Å². The van der Waals surface area contributed by atoms with Crippen LogP contribution in [-0.4, -0.2) is 193 Å². The Kier molecular flexibility index (Phi) is 72.0. The quantitative estimate of drug-likeness (QED) is 0.0199. The number of aliphatic hydroxyl groups excluding tert-OH is 11. The predicted octanol–water partition coefficient (Wildman–Crippen LogP) is 20.3. The standard InChI is InChI=1S/C98H183NO18/c1-3-5-7-9-11-13-15-17-19-21-23-25-27-29-31-33-35-36-37-38-39-40-41-42-43-44-46-48-50-52-54-56-58-60-62-64-66-68-70-72-74-76-86(104)99-81(82(103)75-73-71-69-67-65-63-61-59-57-55-53-51-49-47-45-34-32-30-28-26-24-22-20-18-16-14-12-10-8-6-4-2)80-112-96-92(110)89(107)94(84(78-101)114-96)117-98-93(111)90(108)95(85(79-102)115-98)116-97-91(109)88(106)87(105)83(77-100)113-97/h21,23,57,59,65,67,73,75,81-85,87-98,100-103,105-111H,3-20,22,24-56,58,60-64,66,68-72,74,76-80H2,1-2H3,(H,99,104)/b23-21-,59-57+,67-65+,75-73+. The molecule has 3 aliphatic rings. The van der Waals surface area contributed by atoms with E-state index in [1.165, 1.54) is 360 Å². The zero-order valence-corrected chi connectivity index (χ0v) is 74.7. The maximum Gasteiger partial charge on any atom is 0.220 e. The predicted molar refractivity (Wildman–Crippen MR) is 476 cm³/mol. The lowest BCUT2D eigenvalue weighted by Crippen LogP contribution is -2.66. The van der Waals surface area contributed by atoms with Crippen molar-refractivity contribution in [2.24, 2.45) is 0 Å². The number of allylic oxidation sites excluding steroid dienone is 7. The molecule has 0 aliphatic carbocycles. The van der Waals surface area contributed by atoms with Crippen LogP contribution in [0, 0.1) is 0 Å². The van der Waals surface area contributed by atoms with Gasteiger partial charge >= 0.3 is 0 Å². The summed E-state index contributed by atoms with van der Waals surface area (Å²) in [6.45, 7) is 1.78. The fourth-order valence-electron chi connectivity index (χ4n) is 16.8. The third-order valence-corrected chi connectivity index (χ3v) is 24.6. The molecule has 1 amide bonds. The number of ether oxygens (including phenoxy) is 6. The molecular formula is C98H183NO18. The van der Waals surface area contributed by atoms with E-state index in [2.05, 4.69) is 55.6 Å². The van der Waals surface area contributed by atoms with Crippen molar-refractivity contribution in [2.75, 3.05) is 26.4 Å². The minimum atomic E-state index is -1.98. The smallest absolute Gasteiger partial charge is 0.220 e. The molecule has 0 aromatic carbocycles. The van der Waals surface area contributed by atoms with Crippen molar-refractivity contribution in [3.8, 4) is 0 Å². The first kappa shape index (κ1) is 109. The summed E-state index contributed by atoms with van der Waals surface area (Å²) in [6, 6.07) is -0.999. The van der Waals surface area contributed by atoms with E-state index in [1.807, 2.05) is 6.08 Å². The van der Waals surface area contributed by atoms with E-state index in [1.54, 1.807) is 6.08 Å². The van der Waals surface area contributed by atoms with Gasteiger partial charge in [0.15, 0.2) is 18.9 Å². The van der Waals surface area contributed by atoms with E-state index in [-0.39, 0.29) is 18.9 Å². The lowest BCUT2D eigenvalue weighted by Gasteiger charge is -2.48. The van der Waals surface area contributed by atoms with Gasteiger partial charge in [-0.15, -0.1) is 0 Å². The fraction of sp³-hybridized carbons (Fsp3) is 0.908. The van der Waals surface area contributed by atoms with Crippen molar-refractivity contribution in [3.63, 3.8) is 0 Å². The SMILES string of the molecule is CCCCCCCCCC/C=C\CCCCCCCCCCCCCCCCCCCCCCCCCCCCCCCC(=O)NC(COC1OC(CO)C(OC2OC(CO)C(OC3OC(CO)C(O)C(O)C3O)C(O)C2O)C(O)C1O)C(O)/C=C/CC/C=C/CC/C=C/CCCCCCCCCCCCCCCCCCCCCCC. The van der Waals surface area contributed by atoms with Crippen LogP contribution in [0.4, 0.5) is 0 Å². The van der Waals surface area contributed by atoms with Crippen molar-refractivity contribution < 1.29 is 89.4 Å². The van der Waals surface area contributed by atoms with Gasteiger partial charge in [-0.05, 0) is 70.6 Å². The van der Waals surface area contributed by atoms with E-state index in [0.29, 0.717) is 12.8 Å². The highest BCUT2D eigenvalue weighted by Crippen LogP contribution is 2.34. The Morgan fingerprint density at radius 3 is 0.855 bits per heavy atom. The average Bonchev–Trinajstić information content (AvgIpc) is 0.778. The number of hydrogen-bond donors (Lipinski definition) is 12. The molecule has 19 nitrogen and oxygen atoms in total. The van der Waals surface area contributed by atoms with Gasteiger partial charge in [-0.1, -0.05) is 409 Å². The monoisotopic (exact) mass is 1660 g/mol. The zero-order valence-electron chi connectivity index (χ0n) is 74.7. The molecule has 0 aromatic rings. The summed E-state index contributed by atoms with van der Waals surface area (Å²) in [7, 11) is 0. The number of nitrogens with one attached hydrogen (secondary N) is 1. The summed E-state index contributed by atoms with van der Waals surface area (Å²) < 4.78 is 34.5. The third-order valence-electron chi connectivity index (χ3n) is 24.6. The molecule has 0 bridgehead atoms. The number of aliphatic hydroxyl groups is 11. The lowest BCUT2D eigenvalue weighted by molar-refractivity contribution is -0.379. The molecule has 3 saturated heterocycles. The molecular weight excluding hydrogens is 1480 g/mol. The van der Waals surface area contributed by atoms with E-state index >= 15 is 0 Å². The summed E-state index contributed by atoms with van der Waals surface area (Å²) in [6.07, 6.45) is 76.0. The van der Waals surface area contributed by atoms with Crippen LogP contribution < -0.4 is 5.32 Å². The number of rotatable bonds is 82. The highest BCUT2D eigenvalue weighted by atomic mass is 16.8. The average molecular weight is 1660 g/mol. The molecule has 12 N–H and O–H groups in total. The van der Waals surface area contributed by atoms with Crippen molar-refractivity contribution in [2.45, 2.75) is 542 Å². The maximum absolute atomic E-state index is 13.5. The Balaban J connectivity index is 1.29. The molecule has 0 radical (unpaired) electrons. The second kappa shape index (κ2) is 77.3. The van der Waals surface area contributed by atoms with Gasteiger partial charge in [0.1, 0.15) is 73.2 Å². The Bertz CT molecular complexity index is 2290. The highest BCUT2D eigenvalue weighted by Gasteiger charge is 2.54. The van der Waals surface area contributed by atoms with Crippen LogP contribution in [0.1, 0.15) is 438 Å². The highest BCUT2D eigenvalue weighted by molar-refractivity contribution is 5.76. The molecule has 17 atom stereocenters. The topological polar surface area (TPSA) is 307 Å². The fourth-order valence-corrected chi connectivity index (χ4v) is 16.8.